The number of thiazole rings is 1. The van der Waals surface area contributed by atoms with E-state index in [9.17, 15) is 0 Å². The highest BCUT2D eigenvalue weighted by atomic mass is 79.9. The number of nitrogens with zero attached hydrogens (tertiary/aromatic N) is 2. The summed E-state index contributed by atoms with van der Waals surface area (Å²) in [5.74, 6) is 0.911. The number of halogens is 1. The summed E-state index contributed by atoms with van der Waals surface area (Å²) in [4.78, 5) is 8.84. The summed E-state index contributed by atoms with van der Waals surface area (Å²) >= 11 is 5.09. The predicted octanol–water partition coefficient (Wildman–Crippen LogP) is 4.09. The van der Waals surface area contributed by atoms with Crippen LogP contribution in [0.2, 0.25) is 0 Å². The Labute approximate surface area is 113 Å². The Morgan fingerprint density at radius 3 is 2.76 bits per heavy atom. The van der Waals surface area contributed by atoms with Crippen LogP contribution in [-0.2, 0) is 0 Å². The fourth-order valence-corrected chi connectivity index (χ4v) is 2.78. The maximum Gasteiger partial charge on any atom is 0.129 e. The fourth-order valence-electron chi connectivity index (χ4n) is 1.53. The topological polar surface area (TPSA) is 37.8 Å². The van der Waals surface area contributed by atoms with E-state index in [-0.39, 0.29) is 6.04 Å². The van der Waals surface area contributed by atoms with Gasteiger partial charge in [-0.1, -0.05) is 0 Å². The van der Waals surface area contributed by atoms with Crippen LogP contribution in [0, 0.1) is 13.8 Å². The molecule has 17 heavy (non-hydrogen) atoms. The van der Waals surface area contributed by atoms with Gasteiger partial charge in [0, 0.05) is 21.7 Å². The minimum atomic E-state index is 0.182. The first-order chi connectivity index (χ1) is 8.06. The van der Waals surface area contributed by atoms with Crippen LogP contribution in [0.1, 0.15) is 29.2 Å². The lowest BCUT2D eigenvalue weighted by molar-refractivity contribution is 0.852. The molecule has 0 bridgehead atoms. The van der Waals surface area contributed by atoms with Crippen LogP contribution in [0.15, 0.2) is 22.1 Å². The maximum atomic E-state index is 4.47. The molecule has 0 aliphatic rings. The minimum absolute atomic E-state index is 0.182. The van der Waals surface area contributed by atoms with Crippen LogP contribution in [0.4, 0.5) is 5.82 Å². The van der Waals surface area contributed by atoms with Gasteiger partial charge in [0.05, 0.1) is 6.04 Å². The minimum Gasteiger partial charge on any atom is -0.361 e. The Hall–Kier alpha value is -0.940. The largest absolute Gasteiger partial charge is 0.361 e. The van der Waals surface area contributed by atoms with Gasteiger partial charge in [0.2, 0.25) is 0 Å². The molecular weight excluding hydrogens is 298 g/mol. The first-order valence-corrected chi connectivity index (χ1v) is 7.04. The van der Waals surface area contributed by atoms with Gasteiger partial charge in [-0.05, 0) is 48.3 Å². The lowest BCUT2D eigenvalue weighted by atomic mass is 10.2. The summed E-state index contributed by atoms with van der Waals surface area (Å²) in [5.41, 5.74) is 2.19. The number of anilines is 1. The Morgan fingerprint density at radius 1 is 1.41 bits per heavy atom. The van der Waals surface area contributed by atoms with Crippen LogP contribution < -0.4 is 5.32 Å². The maximum absolute atomic E-state index is 4.47. The van der Waals surface area contributed by atoms with Crippen molar-refractivity contribution in [2.75, 3.05) is 5.32 Å². The first-order valence-electron chi connectivity index (χ1n) is 5.37. The second-order valence-corrected chi connectivity index (χ2v) is 5.82. The summed E-state index contributed by atoms with van der Waals surface area (Å²) in [6.45, 7) is 6.15. The predicted molar refractivity (Wildman–Crippen MR) is 75.6 cm³/mol. The number of pyridine rings is 1. The van der Waals surface area contributed by atoms with Crippen LogP contribution in [0.3, 0.4) is 0 Å². The van der Waals surface area contributed by atoms with Gasteiger partial charge in [0.15, 0.2) is 0 Å². The van der Waals surface area contributed by atoms with E-state index in [2.05, 4.69) is 49.6 Å². The van der Waals surface area contributed by atoms with E-state index in [1.807, 2.05) is 13.8 Å². The molecule has 0 spiro atoms. The summed E-state index contributed by atoms with van der Waals surface area (Å²) in [6.07, 6.45) is 1.80. The van der Waals surface area contributed by atoms with Crippen LogP contribution >= 0.6 is 27.3 Å². The van der Waals surface area contributed by atoms with Crippen LogP contribution in [0.5, 0.6) is 0 Å². The molecule has 0 aliphatic heterocycles. The fraction of sp³-hybridized carbons (Fsp3) is 0.333. The molecule has 0 saturated carbocycles. The molecule has 0 aliphatic carbocycles. The van der Waals surface area contributed by atoms with Crippen molar-refractivity contribution in [3.63, 3.8) is 0 Å². The molecular formula is C12H14BrN3S. The number of aromatic nitrogens is 2. The number of nitrogens with one attached hydrogen (secondary N) is 1. The number of aryl methyl sites for hydroxylation is 2. The van der Waals surface area contributed by atoms with E-state index in [1.165, 1.54) is 0 Å². The van der Waals surface area contributed by atoms with Gasteiger partial charge < -0.3 is 5.32 Å². The standard InChI is InChI=1S/C12H14BrN3S/c1-7-4-10(13)5-14-11(7)16-9(3)12-15-8(2)6-17-12/h4-6,9H,1-3H3,(H,14,16). The molecule has 3 nitrogen and oxygen atoms in total. The molecule has 2 aromatic heterocycles. The summed E-state index contributed by atoms with van der Waals surface area (Å²) in [6, 6.07) is 2.23. The number of hydrogen-bond acceptors (Lipinski definition) is 4. The van der Waals surface area contributed by atoms with E-state index in [0.717, 1.165) is 26.6 Å². The lowest BCUT2D eigenvalue weighted by Crippen LogP contribution is -2.08. The SMILES string of the molecule is Cc1csc(C(C)Nc2ncc(Br)cc2C)n1. The zero-order chi connectivity index (χ0) is 12.4. The van der Waals surface area contributed by atoms with Crippen LogP contribution in [0.25, 0.3) is 0 Å². The van der Waals surface area contributed by atoms with Gasteiger partial charge in [-0.25, -0.2) is 9.97 Å². The molecule has 0 radical (unpaired) electrons. The Bertz CT molecular complexity index is 524. The molecule has 0 amide bonds. The number of hydrogen-bond donors (Lipinski definition) is 1. The molecule has 2 heterocycles. The number of rotatable bonds is 3. The van der Waals surface area contributed by atoms with Gasteiger partial charge in [0.25, 0.3) is 0 Å². The van der Waals surface area contributed by atoms with Crippen LogP contribution in [-0.4, -0.2) is 9.97 Å². The normalized spacial score (nSPS) is 12.5. The van der Waals surface area contributed by atoms with Gasteiger partial charge in [-0.15, -0.1) is 11.3 Å². The molecule has 0 saturated heterocycles. The van der Waals surface area contributed by atoms with E-state index in [1.54, 1.807) is 17.5 Å². The summed E-state index contributed by atoms with van der Waals surface area (Å²) in [7, 11) is 0. The molecule has 2 rings (SSSR count). The van der Waals surface area contributed by atoms with Gasteiger partial charge >= 0.3 is 0 Å². The summed E-state index contributed by atoms with van der Waals surface area (Å²) < 4.78 is 0.998. The Balaban J connectivity index is 2.15. The molecule has 2 aromatic rings. The first kappa shape index (κ1) is 12.5. The third-order valence-electron chi connectivity index (χ3n) is 2.41. The van der Waals surface area contributed by atoms with E-state index < -0.39 is 0 Å². The molecule has 90 valence electrons. The quantitative estimate of drug-likeness (QED) is 0.927. The van der Waals surface area contributed by atoms with E-state index in [4.69, 9.17) is 0 Å². The molecule has 1 N–H and O–H groups in total. The second-order valence-electron chi connectivity index (χ2n) is 4.01. The van der Waals surface area contributed by atoms with Crippen molar-refractivity contribution < 1.29 is 0 Å². The molecule has 0 aromatic carbocycles. The average Bonchev–Trinajstić information content (AvgIpc) is 2.69. The van der Waals surface area contributed by atoms with Gasteiger partial charge in [-0.3, -0.25) is 0 Å². The molecule has 0 fully saturated rings. The second kappa shape index (κ2) is 5.14. The molecule has 1 unspecified atom stereocenters. The smallest absolute Gasteiger partial charge is 0.129 e. The van der Waals surface area contributed by atoms with Gasteiger partial charge in [-0.2, -0.15) is 0 Å². The Kier molecular flexibility index (Phi) is 3.79. The third kappa shape index (κ3) is 3.04. The highest BCUT2D eigenvalue weighted by molar-refractivity contribution is 9.10. The zero-order valence-electron chi connectivity index (χ0n) is 9.99. The van der Waals surface area contributed by atoms with Crippen molar-refractivity contribution in [1.82, 2.24) is 9.97 Å². The van der Waals surface area contributed by atoms with Crippen molar-refractivity contribution >= 4 is 33.1 Å². The van der Waals surface area contributed by atoms with Crippen molar-refractivity contribution in [3.8, 4) is 0 Å². The monoisotopic (exact) mass is 311 g/mol. The van der Waals surface area contributed by atoms with Crippen molar-refractivity contribution in [1.29, 1.82) is 0 Å². The molecule has 5 heteroatoms. The van der Waals surface area contributed by atoms with Crippen molar-refractivity contribution in [3.05, 3.63) is 38.4 Å². The average molecular weight is 312 g/mol. The highest BCUT2D eigenvalue weighted by Gasteiger charge is 2.11. The van der Waals surface area contributed by atoms with Crippen molar-refractivity contribution in [2.24, 2.45) is 0 Å². The van der Waals surface area contributed by atoms with E-state index in [0.29, 0.717) is 0 Å². The third-order valence-corrected chi connectivity index (χ3v) is 3.98. The summed E-state index contributed by atoms with van der Waals surface area (Å²) in [5, 5.41) is 6.54. The lowest BCUT2D eigenvalue weighted by Gasteiger charge is -2.13. The van der Waals surface area contributed by atoms with Gasteiger partial charge in [0.1, 0.15) is 10.8 Å². The molecule has 1 atom stereocenters. The van der Waals surface area contributed by atoms with E-state index >= 15 is 0 Å². The van der Waals surface area contributed by atoms with Crippen molar-refractivity contribution in [2.45, 2.75) is 26.8 Å². The highest BCUT2D eigenvalue weighted by Crippen LogP contribution is 2.24. The Morgan fingerprint density at radius 2 is 2.18 bits per heavy atom. The zero-order valence-corrected chi connectivity index (χ0v) is 12.4.